The highest BCUT2D eigenvalue weighted by atomic mass is 16.5. The third kappa shape index (κ3) is 12.1. The number of carbonyl (C=O) groups excluding carboxylic acids is 3. The Balaban J connectivity index is 0.871. The second-order valence-electron chi connectivity index (χ2n) is 19.3. The van der Waals surface area contributed by atoms with Gasteiger partial charge in [-0.3, -0.25) is 29.5 Å². The number of nitrogens with zero attached hydrogens (tertiary/aromatic N) is 6. The van der Waals surface area contributed by atoms with Crippen LogP contribution in [0.3, 0.4) is 0 Å². The molecule has 4 aliphatic heterocycles. The summed E-state index contributed by atoms with van der Waals surface area (Å²) in [5, 5.41) is 5.61. The van der Waals surface area contributed by atoms with E-state index in [1.807, 2.05) is 45.0 Å². The third-order valence-electron chi connectivity index (χ3n) is 13.3. The van der Waals surface area contributed by atoms with Crippen molar-refractivity contribution in [3.8, 4) is 0 Å². The van der Waals surface area contributed by atoms with Crippen LogP contribution in [0.5, 0.6) is 0 Å². The van der Waals surface area contributed by atoms with E-state index in [-0.39, 0.29) is 35.6 Å². The number of benzene rings is 2. The molecule has 4 N–H and O–H groups in total. The number of hydrogen-bond acceptors (Lipinski definition) is 11. The minimum Gasteiger partial charge on any atom is -0.375 e. The molecule has 13 nitrogen and oxygen atoms in total. The highest BCUT2D eigenvalue weighted by Gasteiger charge is 2.36. The predicted octanol–water partition coefficient (Wildman–Crippen LogP) is 6.97. The molecule has 3 saturated heterocycles. The zero-order chi connectivity index (χ0) is 43.1. The zero-order valence-electron chi connectivity index (χ0n) is 37.3. The molecule has 61 heavy (non-hydrogen) atoms. The van der Waals surface area contributed by atoms with Crippen LogP contribution in [0.15, 0.2) is 48.5 Å². The van der Waals surface area contributed by atoms with Crippen molar-refractivity contribution < 1.29 is 19.1 Å². The Labute approximate surface area is 363 Å². The summed E-state index contributed by atoms with van der Waals surface area (Å²) in [7, 11) is 0. The molecule has 7 rings (SSSR count). The molecule has 13 heteroatoms. The second kappa shape index (κ2) is 19.6. The van der Waals surface area contributed by atoms with E-state index in [4.69, 9.17) is 10.5 Å². The van der Waals surface area contributed by atoms with Crippen LogP contribution in [0, 0.1) is 12.3 Å². The van der Waals surface area contributed by atoms with Gasteiger partial charge in [-0.15, -0.1) is 0 Å². The average molecular weight is 836 g/mol. The van der Waals surface area contributed by atoms with Crippen LogP contribution in [0.4, 0.5) is 23.1 Å². The van der Waals surface area contributed by atoms with Crippen LogP contribution >= 0.6 is 0 Å². The fourth-order valence-electron chi connectivity index (χ4n) is 9.74. The molecule has 3 aromatic rings. The van der Waals surface area contributed by atoms with Crippen molar-refractivity contribution in [3.63, 3.8) is 0 Å². The number of aryl methyl sites for hydroxylation is 1. The number of rotatable bonds is 18. The van der Waals surface area contributed by atoms with Gasteiger partial charge < -0.3 is 25.6 Å². The molecule has 1 aromatic heterocycles. The number of amides is 3. The summed E-state index contributed by atoms with van der Waals surface area (Å²) in [6.45, 7) is 18.6. The van der Waals surface area contributed by atoms with Gasteiger partial charge in [-0.25, -0.2) is 4.98 Å². The lowest BCUT2D eigenvalue weighted by Crippen LogP contribution is -2.50. The molecule has 2 aromatic carbocycles. The number of nitrogens with two attached hydrogens (primary N) is 1. The lowest BCUT2D eigenvalue weighted by molar-refractivity contribution is -0.137. The van der Waals surface area contributed by atoms with Crippen LogP contribution in [-0.4, -0.2) is 94.5 Å². The van der Waals surface area contributed by atoms with E-state index in [1.165, 1.54) is 24.1 Å². The van der Waals surface area contributed by atoms with Crippen molar-refractivity contribution in [1.29, 1.82) is 0 Å². The third-order valence-corrected chi connectivity index (χ3v) is 13.3. The first-order valence-electron chi connectivity index (χ1n) is 22.8. The Hall–Kier alpha value is -4.59. The number of carbonyl (C=O) groups is 3. The van der Waals surface area contributed by atoms with Crippen LogP contribution in [0.2, 0.25) is 0 Å². The van der Waals surface area contributed by atoms with Crippen LogP contribution in [0.1, 0.15) is 121 Å². The van der Waals surface area contributed by atoms with Gasteiger partial charge in [0.2, 0.25) is 23.7 Å². The zero-order valence-corrected chi connectivity index (χ0v) is 37.3. The van der Waals surface area contributed by atoms with Crippen LogP contribution in [-0.2, 0) is 38.8 Å². The molecule has 0 spiro atoms. The van der Waals surface area contributed by atoms with Crippen molar-refractivity contribution in [2.24, 2.45) is 5.41 Å². The summed E-state index contributed by atoms with van der Waals surface area (Å²) in [5.41, 5.74) is 12.0. The number of imide groups is 1. The number of piperidine rings is 2. The fraction of sp³-hybridized carbons (Fsp3) is 0.604. The van der Waals surface area contributed by atoms with Crippen molar-refractivity contribution in [3.05, 3.63) is 70.9 Å². The maximum atomic E-state index is 13.4. The van der Waals surface area contributed by atoms with Gasteiger partial charge in [0.25, 0.3) is 0 Å². The van der Waals surface area contributed by atoms with Crippen molar-refractivity contribution in [1.82, 2.24) is 25.1 Å². The largest absolute Gasteiger partial charge is 0.375 e. The monoisotopic (exact) mass is 836 g/mol. The molecule has 330 valence electrons. The molecule has 1 atom stereocenters. The number of anilines is 4. The molecule has 3 amide bonds. The number of unbranched alkanes of at least 4 members (excludes halogenated alkanes) is 1. The van der Waals surface area contributed by atoms with E-state index in [0.717, 1.165) is 106 Å². The summed E-state index contributed by atoms with van der Waals surface area (Å²) in [6.07, 6.45) is 10.1. The lowest BCUT2D eigenvalue weighted by atomic mass is 9.84. The Bertz CT molecular complexity index is 1990. The van der Waals surface area contributed by atoms with Crippen molar-refractivity contribution >= 4 is 40.9 Å². The van der Waals surface area contributed by atoms with Gasteiger partial charge in [-0.2, -0.15) is 4.98 Å². The van der Waals surface area contributed by atoms with Gasteiger partial charge in [0.1, 0.15) is 5.82 Å². The minimum atomic E-state index is -0.627. The lowest BCUT2D eigenvalue weighted by Gasteiger charge is -2.39. The van der Waals surface area contributed by atoms with E-state index >= 15 is 0 Å². The van der Waals surface area contributed by atoms with Gasteiger partial charge in [0, 0.05) is 88.0 Å². The summed E-state index contributed by atoms with van der Waals surface area (Å²) in [5.74, 6) is 0.728. The highest BCUT2D eigenvalue weighted by molar-refractivity contribution is 6.00. The van der Waals surface area contributed by atoms with Crippen LogP contribution in [0.25, 0.3) is 0 Å². The first-order valence-corrected chi connectivity index (χ1v) is 22.8. The number of fused-ring (bicyclic) bond motifs is 1. The summed E-state index contributed by atoms with van der Waals surface area (Å²) >= 11 is 0. The van der Waals surface area contributed by atoms with Gasteiger partial charge in [0.15, 0.2) is 0 Å². The Kier molecular flexibility index (Phi) is 14.3. The number of aromatic nitrogens is 2. The molecule has 5 heterocycles. The number of nitrogen functional groups attached to an aromatic ring is 1. The van der Waals surface area contributed by atoms with Gasteiger partial charge in [-0.1, -0.05) is 44.5 Å². The average Bonchev–Trinajstić information content (AvgIpc) is 3.90. The summed E-state index contributed by atoms with van der Waals surface area (Å²) in [6, 6.07) is 17.3. The number of hydrogen-bond donors (Lipinski definition) is 3. The fourth-order valence-corrected chi connectivity index (χ4v) is 9.74. The topological polar surface area (TPSA) is 149 Å². The Morgan fingerprint density at radius 3 is 2.46 bits per heavy atom. The van der Waals surface area contributed by atoms with Gasteiger partial charge in [-0.05, 0) is 119 Å². The molecule has 0 bridgehead atoms. The van der Waals surface area contributed by atoms with E-state index in [9.17, 15) is 14.4 Å². The second-order valence-corrected chi connectivity index (χ2v) is 19.3. The van der Waals surface area contributed by atoms with Crippen molar-refractivity contribution in [2.45, 2.75) is 143 Å². The normalized spacial score (nSPS) is 19.1. The van der Waals surface area contributed by atoms with E-state index in [1.54, 1.807) is 0 Å². The molecule has 0 aliphatic carbocycles. The van der Waals surface area contributed by atoms with Gasteiger partial charge in [0.05, 0.1) is 18.1 Å². The molecule has 3 fully saturated rings. The predicted molar refractivity (Wildman–Crippen MR) is 242 cm³/mol. The first kappa shape index (κ1) is 44.5. The summed E-state index contributed by atoms with van der Waals surface area (Å²) < 4.78 is 6.40. The summed E-state index contributed by atoms with van der Waals surface area (Å²) in [4.78, 5) is 56.2. The number of nitrogens with one attached hydrogen (secondary N) is 2. The quantitative estimate of drug-likeness (QED) is 0.0902. The maximum absolute atomic E-state index is 13.4. The molecule has 1 unspecified atom stereocenters. The molecule has 4 aliphatic rings. The minimum absolute atomic E-state index is 0.0936. The van der Waals surface area contributed by atoms with E-state index in [2.05, 4.69) is 78.3 Å². The van der Waals surface area contributed by atoms with E-state index in [0.29, 0.717) is 44.5 Å². The van der Waals surface area contributed by atoms with Gasteiger partial charge >= 0.3 is 0 Å². The Morgan fingerprint density at radius 2 is 1.70 bits per heavy atom. The first-order chi connectivity index (χ1) is 29.2. The maximum Gasteiger partial charge on any atom is 0.243 e. The molecular weight excluding hydrogens is 767 g/mol. The van der Waals surface area contributed by atoms with Crippen LogP contribution < -0.4 is 26.2 Å². The number of ether oxygens (including phenoxy) is 1. The molecule has 0 saturated carbocycles. The smallest absolute Gasteiger partial charge is 0.243 e. The Morgan fingerprint density at radius 1 is 0.934 bits per heavy atom. The molecular formula is C48H69N9O4. The highest BCUT2D eigenvalue weighted by Crippen LogP contribution is 2.34. The standard InChI is InChI=1S/C48H69N9O4/c1-34-28-42(52-46(49)50-34)55-25-18-37(19-26-55)56(31-35-12-10-14-38(29-35)54-22-8-9-23-54)24-7-6-20-47(2,3)21-27-61-48(4,5)30-44(59)51-40-15-11-13-36-32-57(33-39(36)40)41-16-17-43(58)53-45(41)60/h10-15,28-29,37,41H,6-9,16-27,30-33H2,1-5H3,(H,51,59)(H2,49,50,52)(H,53,58,60). The molecule has 0 radical (unpaired) electrons. The van der Waals surface area contributed by atoms with Crippen molar-refractivity contribution in [2.75, 3.05) is 60.2 Å². The SMILES string of the molecule is Cc1cc(N2CCC(N(CCCCC(C)(C)CCOC(C)(C)CC(=O)Nc3cccc4c3CN(C3CCC(=O)NC3=O)C4)Cc3cccc(N4CCCC4)c3)CC2)nc(N)n1. The van der Waals surface area contributed by atoms with E-state index < -0.39 is 5.60 Å².